The second kappa shape index (κ2) is 6.59. The van der Waals surface area contributed by atoms with Gasteiger partial charge in [0.1, 0.15) is 5.69 Å². The van der Waals surface area contributed by atoms with Gasteiger partial charge in [-0.2, -0.15) is 0 Å². The van der Waals surface area contributed by atoms with Crippen LogP contribution in [0.1, 0.15) is 27.8 Å². The van der Waals surface area contributed by atoms with Crippen molar-refractivity contribution in [2.75, 3.05) is 19.8 Å². The number of aromatic carboxylic acids is 1. The first-order valence-electron chi connectivity index (χ1n) is 5.20. The van der Waals surface area contributed by atoms with Crippen molar-refractivity contribution in [3.8, 4) is 0 Å². The maximum absolute atomic E-state index is 11.6. The van der Waals surface area contributed by atoms with Crippen LogP contribution in [0.2, 0.25) is 0 Å². The summed E-state index contributed by atoms with van der Waals surface area (Å²) < 4.78 is 5.06. The lowest BCUT2D eigenvalue weighted by atomic mass is 10.2. The second-order valence-corrected chi connectivity index (χ2v) is 3.19. The van der Waals surface area contributed by atoms with Gasteiger partial charge in [-0.05, 0) is 19.1 Å². The lowest BCUT2D eigenvalue weighted by molar-refractivity contribution is 0.0690. The van der Waals surface area contributed by atoms with Crippen molar-refractivity contribution in [1.29, 1.82) is 0 Å². The molecular weight excluding hydrogens is 224 g/mol. The molecule has 0 aromatic carbocycles. The third-order valence-electron chi connectivity index (χ3n) is 1.98. The Labute approximate surface area is 98.6 Å². The molecule has 2 N–H and O–H groups in total. The van der Waals surface area contributed by atoms with Crippen LogP contribution in [0.25, 0.3) is 0 Å². The Morgan fingerprint density at radius 1 is 1.53 bits per heavy atom. The van der Waals surface area contributed by atoms with Crippen molar-refractivity contribution in [3.05, 3.63) is 29.6 Å². The Morgan fingerprint density at radius 2 is 2.29 bits per heavy atom. The maximum atomic E-state index is 11.6. The maximum Gasteiger partial charge on any atom is 0.354 e. The van der Waals surface area contributed by atoms with Crippen LogP contribution in [0.15, 0.2) is 18.3 Å². The molecule has 0 saturated carbocycles. The highest BCUT2D eigenvalue weighted by Gasteiger charge is 2.09. The summed E-state index contributed by atoms with van der Waals surface area (Å²) in [6.07, 6.45) is 1.29. The van der Waals surface area contributed by atoms with E-state index in [2.05, 4.69) is 10.3 Å². The summed E-state index contributed by atoms with van der Waals surface area (Å²) in [5.41, 5.74) is 0.122. The van der Waals surface area contributed by atoms with E-state index in [4.69, 9.17) is 9.84 Å². The molecule has 0 aliphatic rings. The quantitative estimate of drug-likeness (QED) is 0.706. The van der Waals surface area contributed by atoms with Crippen molar-refractivity contribution >= 4 is 11.9 Å². The molecule has 1 amide bonds. The molecule has 1 aromatic rings. The lowest BCUT2D eigenvalue weighted by Gasteiger charge is -2.05. The molecule has 1 rings (SSSR count). The minimum atomic E-state index is -1.16. The van der Waals surface area contributed by atoms with Gasteiger partial charge in [-0.15, -0.1) is 0 Å². The molecule has 0 aliphatic carbocycles. The number of carbonyl (C=O) groups excluding carboxylic acids is 1. The number of carboxylic acids is 1. The molecule has 0 radical (unpaired) electrons. The van der Waals surface area contributed by atoms with E-state index in [-0.39, 0.29) is 17.2 Å². The molecule has 6 nitrogen and oxygen atoms in total. The predicted octanol–water partition coefficient (Wildman–Crippen LogP) is 0.546. The average Bonchev–Trinajstić information content (AvgIpc) is 2.34. The Bertz CT molecular complexity index is 406. The third kappa shape index (κ3) is 4.20. The van der Waals surface area contributed by atoms with Crippen molar-refractivity contribution in [3.63, 3.8) is 0 Å². The van der Waals surface area contributed by atoms with Gasteiger partial charge in [-0.1, -0.05) is 0 Å². The molecule has 0 spiro atoms. The highest BCUT2D eigenvalue weighted by Crippen LogP contribution is 2.01. The van der Waals surface area contributed by atoms with Gasteiger partial charge in [0.2, 0.25) is 0 Å². The number of amides is 1. The number of rotatable bonds is 6. The lowest BCUT2D eigenvalue weighted by Crippen LogP contribution is -2.27. The fourth-order valence-corrected chi connectivity index (χ4v) is 1.17. The molecule has 92 valence electrons. The van der Waals surface area contributed by atoms with Crippen LogP contribution in [0.4, 0.5) is 0 Å². The number of aromatic nitrogens is 1. The molecule has 0 fully saturated rings. The highest BCUT2D eigenvalue weighted by atomic mass is 16.5. The molecule has 17 heavy (non-hydrogen) atoms. The van der Waals surface area contributed by atoms with Crippen molar-refractivity contribution in [2.45, 2.75) is 6.92 Å². The highest BCUT2D eigenvalue weighted by molar-refractivity contribution is 5.96. The summed E-state index contributed by atoms with van der Waals surface area (Å²) in [6.45, 7) is 3.27. The average molecular weight is 238 g/mol. The first kappa shape index (κ1) is 13.1. The summed E-state index contributed by atoms with van der Waals surface area (Å²) >= 11 is 0. The minimum Gasteiger partial charge on any atom is -0.477 e. The van der Waals surface area contributed by atoms with Crippen LogP contribution in [0.3, 0.4) is 0 Å². The van der Waals surface area contributed by atoms with Gasteiger partial charge >= 0.3 is 5.97 Å². The Kier molecular flexibility index (Phi) is 5.09. The van der Waals surface area contributed by atoms with E-state index in [9.17, 15) is 9.59 Å². The predicted molar refractivity (Wildman–Crippen MR) is 60.0 cm³/mol. The van der Waals surface area contributed by atoms with E-state index in [0.717, 1.165) is 0 Å². The van der Waals surface area contributed by atoms with Gasteiger partial charge in [-0.3, -0.25) is 4.79 Å². The van der Waals surface area contributed by atoms with E-state index in [0.29, 0.717) is 19.8 Å². The van der Waals surface area contributed by atoms with Crippen LogP contribution in [0.5, 0.6) is 0 Å². The normalized spacial score (nSPS) is 9.94. The largest absolute Gasteiger partial charge is 0.477 e. The fraction of sp³-hybridized carbons (Fsp3) is 0.364. The SMILES string of the molecule is CCOCCNC(=O)c1ccnc(C(=O)O)c1. The molecule has 6 heteroatoms. The molecule has 1 aromatic heterocycles. The number of nitrogens with one attached hydrogen (secondary N) is 1. The molecule has 0 unspecified atom stereocenters. The molecular formula is C11H14N2O4. The van der Waals surface area contributed by atoms with Crippen molar-refractivity contribution < 1.29 is 19.4 Å². The van der Waals surface area contributed by atoms with Crippen LogP contribution >= 0.6 is 0 Å². The number of carbonyl (C=O) groups is 2. The number of hydrogen-bond acceptors (Lipinski definition) is 4. The standard InChI is InChI=1S/C11H14N2O4/c1-2-17-6-5-13-10(14)8-3-4-12-9(7-8)11(15)16/h3-4,7H,2,5-6H2,1H3,(H,13,14)(H,15,16). The van der Waals surface area contributed by atoms with Crippen LogP contribution in [0, 0.1) is 0 Å². The van der Waals surface area contributed by atoms with Gasteiger partial charge in [0, 0.05) is 24.9 Å². The first-order chi connectivity index (χ1) is 8.15. The molecule has 1 heterocycles. The monoisotopic (exact) mass is 238 g/mol. The Hall–Kier alpha value is -1.95. The third-order valence-corrected chi connectivity index (χ3v) is 1.98. The summed E-state index contributed by atoms with van der Waals surface area (Å²) in [7, 11) is 0. The number of carboxylic acid groups (broad SMARTS) is 1. The van der Waals surface area contributed by atoms with E-state index < -0.39 is 5.97 Å². The number of nitrogens with zero attached hydrogens (tertiary/aromatic N) is 1. The van der Waals surface area contributed by atoms with E-state index in [1.807, 2.05) is 6.92 Å². The molecule has 0 saturated heterocycles. The van der Waals surface area contributed by atoms with Gasteiger partial charge in [0.15, 0.2) is 0 Å². The van der Waals surface area contributed by atoms with Gasteiger partial charge < -0.3 is 15.2 Å². The molecule has 0 atom stereocenters. The van der Waals surface area contributed by atoms with Gasteiger partial charge in [0.25, 0.3) is 5.91 Å². The Morgan fingerprint density at radius 3 is 2.94 bits per heavy atom. The number of hydrogen-bond donors (Lipinski definition) is 2. The first-order valence-corrected chi connectivity index (χ1v) is 5.20. The zero-order valence-electron chi connectivity index (χ0n) is 9.47. The summed E-state index contributed by atoms with van der Waals surface area (Å²) in [5.74, 6) is -1.50. The minimum absolute atomic E-state index is 0.151. The zero-order valence-corrected chi connectivity index (χ0v) is 9.47. The summed E-state index contributed by atoms with van der Waals surface area (Å²) in [5, 5.41) is 11.3. The summed E-state index contributed by atoms with van der Waals surface area (Å²) in [4.78, 5) is 25.9. The van der Waals surface area contributed by atoms with Gasteiger partial charge in [0.05, 0.1) is 6.61 Å². The summed E-state index contributed by atoms with van der Waals surface area (Å²) in [6, 6.07) is 2.70. The van der Waals surface area contributed by atoms with E-state index in [1.54, 1.807) is 0 Å². The smallest absolute Gasteiger partial charge is 0.354 e. The fourth-order valence-electron chi connectivity index (χ4n) is 1.17. The topological polar surface area (TPSA) is 88.5 Å². The van der Waals surface area contributed by atoms with Crippen LogP contribution in [-0.4, -0.2) is 41.7 Å². The number of ether oxygens (including phenoxy) is 1. The zero-order chi connectivity index (χ0) is 12.7. The number of pyridine rings is 1. The van der Waals surface area contributed by atoms with Crippen molar-refractivity contribution in [2.24, 2.45) is 0 Å². The van der Waals surface area contributed by atoms with E-state index in [1.165, 1.54) is 18.3 Å². The second-order valence-electron chi connectivity index (χ2n) is 3.19. The molecule has 0 aliphatic heterocycles. The van der Waals surface area contributed by atoms with Crippen LogP contribution < -0.4 is 5.32 Å². The Balaban J connectivity index is 2.56. The van der Waals surface area contributed by atoms with Crippen LogP contribution in [-0.2, 0) is 4.74 Å². The molecule has 0 bridgehead atoms. The van der Waals surface area contributed by atoms with Gasteiger partial charge in [-0.25, -0.2) is 9.78 Å². The van der Waals surface area contributed by atoms with Crippen molar-refractivity contribution in [1.82, 2.24) is 10.3 Å². The van der Waals surface area contributed by atoms with E-state index >= 15 is 0 Å².